The predicted octanol–water partition coefficient (Wildman–Crippen LogP) is 0.530. The molecule has 0 fully saturated rings. The van der Waals surface area contributed by atoms with Gasteiger partial charge in [0.25, 0.3) is 10.0 Å². The van der Waals surface area contributed by atoms with Gasteiger partial charge in [-0.2, -0.15) is 5.10 Å². The predicted molar refractivity (Wildman–Crippen MR) is 72.3 cm³/mol. The number of benzene rings is 1. The highest BCUT2D eigenvalue weighted by Gasteiger charge is 2.14. The second-order valence-electron chi connectivity index (χ2n) is 3.55. The lowest BCUT2D eigenvalue weighted by molar-refractivity contribution is -0.213. The van der Waals surface area contributed by atoms with Crippen molar-refractivity contribution in [2.24, 2.45) is 10.9 Å². The molecule has 0 saturated heterocycles. The minimum atomic E-state index is -3.57. The van der Waals surface area contributed by atoms with Gasteiger partial charge in [-0.05, 0) is 29.1 Å². The maximum absolute atomic E-state index is 11.9. The Morgan fingerprint density at radius 2 is 1.95 bits per heavy atom. The van der Waals surface area contributed by atoms with Crippen molar-refractivity contribution in [1.82, 2.24) is 0 Å². The van der Waals surface area contributed by atoms with Crippen molar-refractivity contribution in [3.8, 4) is 0 Å². The highest BCUT2D eigenvalue weighted by atomic mass is 32.2. The SMILES string of the molecule is NN=C([O-])c1ccc(NS(=O)(=O)c2cccs2)cc1. The molecule has 0 bridgehead atoms. The third-order valence-electron chi connectivity index (χ3n) is 2.26. The molecule has 19 heavy (non-hydrogen) atoms. The van der Waals surface area contributed by atoms with Gasteiger partial charge in [0, 0.05) is 11.6 Å². The van der Waals surface area contributed by atoms with Crippen molar-refractivity contribution >= 4 is 32.9 Å². The van der Waals surface area contributed by atoms with Crippen LogP contribution < -0.4 is 15.7 Å². The first kappa shape index (κ1) is 13.4. The van der Waals surface area contributed by atoms with Crippen LogP contribution in [-0.2, 0) is 10.0 Å². The lowest BCUT2D eigenvalue weighted by Crippen LogP contribution is -2.20. The van der Waals surface area contributed by atoms with Gasteiger partial charge < -0.3 is 10.9 Å². The van der Waals surface area contributed by atoms with Gasteiger partial charge in [-0.3, -0.25) is 4.72 Å². The number of hydrogen-bond acceptors (Lipinski definition) is 6. The largest absolute Gasteiger partial charge is 0.857 e. The third-order valence-corrected chi connectivity index (χ3v) is 5.04. The van der Waals surface area contributed by atoms with Gasteiger partial charge in [0.2, 0.25) is 0 Å². The zero-order valence-electron chi connectivity index (χ0n) is 9.61. The average molecular weight is 296 g/mol. The van der Waals surface area contributed by atoms with Crippen LogP contribution in [0.3, 0.4) is 0 Å². The maximum Gasteiger partial charge on any atom is 0.271 e. The zero-order valence-corrected chi connectivity index (χ0v) is 11.2. The van der Waals surface area contributed by atoms with Gasteiger partial charge in [-0.1, -0.05) is 18.2 Å². The standard InChI is InChI=1S/C11H11N3O3S2/c12-13-11(15)8-3-5-9(6-4-8)14-19(16,17)10-2-1-7-18-10/h1-7,14H,12H2,(H,13,15)/p-1. The number of nitrogens with two attached hydrogens (primary N) is 1. The van der Waals surface area contributed by atoms with Crippen molar-refractivity contribution < 1.29 is 13.5 Å². The van der Waals surface area contributed by atoms with Crippen LogP contribution in [-0.4, -0.2) is 14.3 Å². The van der Waals surface area contributed by atoms with Gasteiger partial charge in [0.05, 0.1) is 0 Å². The molecule has 0 atom stereocenters. The summed E-state index contributed by atoms with van der Waals surface area (Å²) in [6.07, 6.45) is 0. The van der Waals surface area contributed by atoms with E-state index in [0.29, 0.717) is 11.3 Å². The number of nitrogens with one attached hydrogen (secondary N) is 1. The van der Waals surface area contributed by atoms with E-state index in [1.807, 2.05) is 0 Å². The molecule has 0 amide bonds. The van der Waals surface area contributed by atoms with Gasteiger partial charge in [0.1, 0.15) is 4.21 Å². The fourth-order valence-corrected chi connectivity index (χ4v) is 3.43. The highest BCUT2D eigenvalue weighted by Crippen LogP contribution is 2.20. The number of rotatable bonds is 4. The van der Waals surface area contributed by atoms with E-state index in [1.54, 1.807) is 11.4 Å². The molecular formula is C11H10N3O3S2-. The van der Waals surface area contributed by atoms with Crippen molar-refractivity contribution in [3.63, 3.8) is 0 Å². The second-order valence-corrected chi connectivity index (χ2v) is 6.41. The normalized spacial score (nSPS) is 12.3. The molecule has 100 valence electrons. The molecule has 0 aliphatic rings. The van der Waals surface area contributed by atoms with Gasteiger partial charge in [-0.15, -0.1) is 11.3 Å². The van der Waals surface area contributed by atoms with E-state index in [0.717, 1.165) is 11.3 Å². The summed E-state index contributed by atoms with van der Waals surface area (Å²) in [6.45, 7) is 0. The van der Waals surface area contributed by atoms with Crippen molar-refractivity contribution in [2.75, 3.05) is 4.72 Å². The van der Waals surface area contributed by atoms with Crippen LogP contribution in [0.5, 0.6) is 0 Å². The van der Waals surface area contributed by atoms with Crippen LogP contribution in [0.4, 0.5) is 5.69 Å². The molecule has 2 rings (SSSR count). The molecule has 0 aliphatic carbocycles. The van der Waals surface area contributed by atoms with Crippen LogP contribution in [0, 0.1) is 0 Å². The minimum Gasteiger partial charge on any atom is -0.857 e. The van der Waals surface area contributed by atoms with E-state index in [2.05, 4.69) is 9.82 Å². The Bertz CT molecular complexity index is 676. The van der Waals surface area contributed by atoms with Gasteiger partial charge in [0.15, 0.2) is 0 Å². The van der Waals surface area contributed by atoms with E-state index in [1.165, 1.54) is 30.3 Å². The van der Waals surface area contributed by atoms with Crippen molar-refractivity contribution in [2.45, 2.75) is 4.21 Å². The number of hydrogen-bond donors (Lipinski definition) is 2. The van der Waals surface area contributed by atoms with Crippen LogP contribution >= 0.6 is 11.3 Å². The highest BCUT2D eigenvalue weighted by molar-refractivity contribution is 7.94. The Balaban J connectivity index is 2.21. The molecule has 0 radical (unpaired) electrons. The molecule has 0 spiro atoms. The van der Waals surface area contributed by atoms with E-state index < -0.39 is 15.9 Å². The van der Waals surface area contributed by atoms with Gasteiger partial charge >= 0.3 is 0 Å². The molecule has 3 N–H and O–H groups in total. The maximum atomic E-state index is 11.9. The van der Waals surface area contributed by atoms with Crippen molar-refractivity contribution in [1.29, 1.82) is 0 Å². The Morgan fingerprint density at radius 1 is 1.26 bits per heavy atom. The summed E-state index contributed by atoms with van der Waals surface area (Å²) in [4.78, 5) is 0. The molecule has 0 saturated carbocycles. The Kier molecular flexibility index (Phi) is 3.72. The third kappa shape index (κ3) is 3.04. The van der Waals surface area contributed by atoms with Crippen molar-refractivity contribution in [3.05, 3.63) is 47.3 Å². The van der Waals surface area contributed by atoms with Crippen LogP contribution in [0.15, 0.2) is 51.1 Å². The molecule has 1 heterocycles. The number of nitrogens with zero attached hydrogens (tertiary/aromatic N) is 1. The quantitative estimate of drug-likeness (QED) is 0.371. The Labute approximate surface area is 114 Å². The molecule has 0 aliphatic heterocycles. The molecule has 1 aromatic carbocycles. The molecule has 2 aromatic rings. The first-order valence-corrected chi connectivity index (χ1v) is 7.51. The average Bonchev–Trinajstić information content (AvgIpc) is 2.93. The summed E-state index contributed by atoms with van der Waals surface area (Å²) in [7, 11) is -3.57. The summed E-state index contributed by atoms with van der Waals surface area (Å²) >= 11 is 1.12. The van der Waals surface area contributed by atoms with E-state index in [4.69, 9.17) is 5.84 Å². The molecule has 6 nitrogen and oxygen atoms in total. The van der Waals surface area contributed by atoms with Crippen LogP contribution in [0.2, 0.25) is 0 Å². The summed E-state index contributed by atoms with van der Waals surface area (Å²) in [5, 5.41) is 15.9. The summed E-state index contributed by atoms with van der Waals surface area (Å²) in [5.41, 5.74) is 0.656. The number of thiophene rings is 1. The summed E-state index contributed by atoms with van der Waals surface area (Å²) < 4.78 is 26.5. The molecular weight excluding hydrogens is 286 g/mol. The van der Waals surface area contributed by atoms with Crippen LogP contribution in [0.1, 0.15) is 5.56 Å². The molecule has 0 unspecified atom stereocenters. The fourth-order valence-electron chi connectivity index (χ4n) is 1.38. The van der Waals surface area contributed by atoms with E-state index in [-0.39, 0.29) is 4.21 Å². The number of anilines is 1. The lowest BCUT2D eigenvalue weighted by Gasteiger charge is -2.10. The van der Waals surface area contributed by atoms with E-state index in [9.17, 15) is 13.5 Å². The second kappa shape index (κ2) is 5.29. The summed E-state index contributed by atoms with van der Waals surface area (Å²) in [6, 6.07) is 9.02. The zero-order chi connectivity index (χ0) is 13.9. The van der Waals surface area contributed by atoms with Gasteiger partial charge in [-0.25, -0.2) is 8.42 Å². The first-order valence-electron chi connectivity index (χ1n) is 5.14. The first-order chi connectivity index (χ1) is 9.03. The molecule has 1 aromatic heterocycles. The Morgan fingerprint density at radius 3 is 2.47 bits per heavy atom. The Hall–Kier alpha value is -2.06. The lowest BCUT2D eigenvalue weighted by atomic mass is 10.2. The van der Waals surface area contributed by atoms with E-state index >= 15 is 0 Å². The minimum absolute atomic E-state index is 0.226. The number of hydrazone groups is 1. The number of sulfonamides is 1. The molecule has 8 heteroatoms. The topological polar surface area (TPSA) is 108 Å². The van der Waals surface area contributed by atoms with Crippen LogP contribution in [0.25, 0.3) is 0 Å². The fraction of sp³-hybridized carbons (Fsp3) is 0. The monoisotopic (exact) mass is 296 g/mol. The smallest absolute Gasteiger partial charge is 0.271 e. The summed E-state index contributed by atoms with van der Waals surface area (Å²) in [5.74, 6) is 4.31.